The van der Waals surface area contributed by atoms with E-state index >= 15 is 0 Å². The first-order valence-electron chi connectivity index (χ1n) is 5.10. The average Bonchev–Trinajstić information content (AvgIpc) is 2.59. The van der Waals surface area contributed by atoms with E-state index in [0.29, 0.717) is 5.39 Å². The minimum atomic E-state index is -4.65. The number of aromatic nitrogens is 1. The van der Waals surface area contributed by atoms with Gasteiger partial charge in [-0.15, -0.1) is 13.2 Å². The second-order valence-electron chi connectivity index (χ2n) is 3.47. The van der Waals surface area contributed by atoms with Crippen molar-refractivity contribution in [2.75, 3.05) is 12.0 Å². The van der Waals surface area contributed by atoms with Crippen molar-refractivity contribution < 1.29 is 17.9 Å². The third kappa shape index (κ3) is 2.64. The zero-order valence-electron chi connectivity index (χ0n) is 9.08. The standard InChI is InChI=1S/C11H11F3N2O/c1-2-15-16-6-5-8-7-9(3-4-10(8)16)17-11(12,13)14/h3-7,15H,2H2,1H3. The van der Waals surface area contributed by atoms with Gasteiger partial charge in [0.1, 0.15) is 5.75 Å². The monoisotopic (exact) mass is 244 g/mol. The molecule has 0 fully saturated rings. The normalized spacial score (nSPS) is 11.8. The molecule has 0 aliphatic heterocycles. The molecule has 1 aromatic carbocycles. The van der Waals surface area contributed by atoms with Crippen molar-refractivity contribution in [2.24, 2.45) is 0 Å². The second kappa shape index (κ2) is 4.20. The maximum absolute atomic E-state index is 12.0. The van der Waals surface area contributed by atoms with Gasteiger partial charge in [0.25, 0.3) is 0 Å². The van der Waals surface area contributed by atoms with Crippen LogP contribution in [0.1, 0.15) is 6.92 Å². The Kier molecular flexibility index (Phi) is 2.87. The molecule has 0 saturated heterocycles. The predicted octanol–water partition coefficient (Wildman–Crippen LogP) is 3.10. The highest BCUT2D eigenvalue weighted by molar-refractivity contribution is 5.81. The maximum Gasteiger partial charge on any atom is 0.573 e. The van der Waals surface area contributed by atoms with Crippen LogP contribution in [-0.2, 0) is 0 Å². The highest BCUT2D eigenvalue weighted by Crippen LogP contribution is 2.26. The van der Waals surface area contributed by atoms with E-state index in [-0.39, 0.29) is 5.75 Å². The first-order chi connectivity index (χ1) is 7.99. The molecule has 0 atom stereocenters. The maximum atomic E-state index is 12.0. The summed E-state index contributed by atoms with van der Waals surface area (Å²) in [6.07, 6.45) is -2.90. The number of fused-ring (bicyclic) bond motifs is 1. The van der Waals surface area contributed by atoms with Crippen LogP contribution in [0.25, 0.3) is 10.9 Å². The molecule has 0 spiro atoms. The predicted molar refractivity (Wildman–Crippen MR) is 58.5 cm³/mol. The molecular weight excluding hydrogens is 233 g/mol. The molecule has 0 radical (unpaired) electrons. The van der Waals surface area contributed by atoms with Crippen LogP contribution in [-0.4, -0.2) is 17.6 Å². The van der Waals surface area contributed by atoms with Crippen LogP contribution in [0.3, 0.4) is 0 Å². The molecule has 0 bridgehead atoms. The Morgan fingerprint density at radius 2 is 2.06 bits per heavy atom. The lowest BCUT2D eigenvalue weighted by atomic mass is 10.2. The van der Waals surface area contributed by atoms with Gasteiger partial charge in [-0.25, -0.2) is 0 Å². The van der Waals surface area contributed by atoms with Gasteiger partial charge < -0.3 is 10.2 Å². The molecular formula is C11H11F3N2O. The van der Waals surface area contributed by atoms with E-state index in [2.05, 4.69) is 10.2 Å². The number of benzene rings is 1. The first kappa shape index (κ1) is 11.6. The van der Waals surface area contributed by atoms with Crippen LogP contribution >= 0.6 is 0 Å². The highest BCUT2D eigenvalue weighted by Gasteiger charge is 2.31. The number of ether oxygens (including phenoxy) is 1. The summed E-state index contributed by atoms with van der Waals surface area (Å²) >= 11 is 0. The largest absolute Gasteiger partial charge is 0.573 e. The average molecular weight is 244 g/mol. The van der Waals surface area contributed by atoms with Crippen molar-refractivity contribution in [1.29, 1.82) is 0 Å². The van der Waals surface area contributed by atoms with Gasteiger partial charge in [-0.05, 0) is 31.2 Å². The molecule has 0 amide bonds. The molecule has 1 aromatic heterocycles. The van der Waals surface area contributed by atoms with Gasteiger partial charge in [0, 0.05) is 18.1 Å². The zero-order valence-corrected chi connectivity index (χ0v) is 9.08. The lowest BCUT2D eigenvalue weighted by Crippen LogP contribution is -2.17. The summed E-state index contributed by atoms with van der Waals surface area (Å²) in [7, 11) is 0. The van der Waals surface area contributed by atoms with Crippen molar-refractivity contribution >= 4 is 10.9 Å². The molecule has 17 heavy (non-hydrogen) atoms. The summed E-state index contributed by atoms with van der Waals surface area (Å²) in [4.78, 5) is 0. The van der Waals surface area contributed by atoms with E-state index in [4.69, 9.17) is 0 Å². The van der Waals surface area contributed by atoms with Crippen LogP contribution in [0, 0.1) is 0 Å². The number of halogens is 3. The Bertz CT molecular complexity index is 519. The van der Waals surface area contributed by atoms with Crippen LogP contribution in [0.4, 0.5) is 13.2 Å². The summed E-state index contributed by atoms with van der Waals surface area (Å²) in [6, 6.07) is 5.96. The van der Waals surface area contributed by atoms with Gasteiger partial charge in [-0.3, -0.25) is 4.68 Å². The van der Waals surface area contributed by atoms with Crippen molar-refractivity contribution in [3.05, 3.63) is 30.5 Å². The second-order valence-corrected chi connectivity index (χ2v) is 3.47. The van der Waals surface area contributed by atoms with Crippen LogP contribution in [0.5, 0.6) is 5.75 Å². The third-order valence-electron chi connectivity index (χ3n) is 2.22. The summed E-state index contributed by atoms with van der Waals surface area (Å²) in [5.74, 6) is -0.209. The summed E-state index contributed by atoms with van der Waals surface area (Å²) in [5.41, 5.74) is 3.86. The number of hydrogen-bond donors (Lipinski definition) is 1. The quantitative estimate of drug-likeness (QED) is 0.897. The van der Waals surface area contributed by atoms with Crippen molar-refractivity contribution in [2.45, 2.75) is 13.3 Å². The van der Waals surface area contributed by atoms with E-state index < -0.39 is 6.36 Å². The Morgan fingerprint density at radius 3 is 2.71 bits per heavy atom. The fourth-order valence-corrected chi connectivity index (χ4v) is 1.63. The molecule has 2 rings (SSSR count). The number of hydrogen-bond acceptors (Lipinski definition) is 2. The molecule has 3 nitrogen and oxygen atoms in total. The van der Waals surface area contributed by atoms with E-state index in [1.54, 1.807) is 23.0 Å². The minimum absolute atomic E-state index is 0.209. The summed E-state index contributed by atoms with van der Waals surface area (Å²) in [5, 5.41) is 0.688. The van der Waals surface area contributed by atoms with Gasteiger partial charge in [0.2, 0.25) is 0 Å². The van der Waals surface area contributed by atoms with Crippen LogP contribution in [0.2, 0.25) is 0 Å². The molecule has 1 N–H and O–H groups in total. The van der Waals surface area contributed by atoms with Crippen molar-refractivity contribution in [3.8, 4) is 5.75 Å². The Hall–Kier alpha value is -1.85. The first-order valence-corrected chi connectivity index (χ1v) is 5.10. The summed E-state index contributed by atoms with van der Waals surface area (Å²) < 4.78 is 41.7. The molecule has 0 aliphatic carbocycles. The van der Waals surface area contributed by atoms with Crippen molar-refractivity contribution in [3.63, 3.8) is 0 Å². The Labute approximate surface area is 95.8 Å². The van der Waals surface area contributed by atoms with Gasteiger partial charge in [0.15, 0.2) is 0 Å². The summed E-state index contributed by atoms with van der Waals surface area (Å²) in [6.45, 7) is 2.66. The van der Waals surface area contributed by atoms with Gasteiger partial charge in [0.05, 0.1) is 5.52 Å². The van der Waals surface area contributed by atoms with Crippen molar-refractivity contribution in [1.82, 2.24) is 4.68 Å². The Balaban J connectivity index is 2.32. The fourth-order valence-electron chi connectivity index (χ4n) is 1.63. The number of nitrogens with zero attached hydrogens (tertiary/aromatic N) is 1. The molecule has 0 saturated carbocycles. The van der Waals surface area contributed by atoms with Gasteiger partial charge in [-0.1, -0.05) is 0 Å². The fraction of sp³-hybridized carbons (Fsp3) is 0.273. The number of alkyl halides is 3. The molecule has 0 unspecified atom stereocenters. The third-order valence-corrected chi connectivity index (χ3v) is 2.22. The number of nitrogens with one attached hydrogen (secondary N) is 1. The van der Waals surface area contributed by atoms with E-state index in [1.165, 1.54) is 12.1 Å². The lowest BCUT2D eigenvalue weighted by molar-refractivity contribution is -0.274. The number of rotatable bonds is 3. The minimum Gasteiger partial charge on any atom is -0.406 e. The van der Waals surface area contributed by atoms with E-state index in [1.807, 2.05) is 6.92 Å². The lowest BCUT2D eigenvalue weighted by Gasteiger charge is -2.09. The smallest absolute Gasteiger partial charge is 0.406 e. The molecule has 1 heterocycles. The van der Waals surface area contributed by atoms with E-state index in [0.717, 1.165) is 12.1 Å². The van der Waals surface area contributed by atoms with Gasteiger partial charge >= 0.3 is 6.36 Å². The van der Waals surface area contributed by atoms with Crippen LogP contribution in [0.15, 0.2) is 30.5 Å². The molecule has 0 aliphatic rings. The molecule has 2 aromatic rings. The van der Waals surface area contributed by atoms with Gasteiger partial charge in [-0.2, -0.15) is 0 Å². The molecule has 6 heteroatoms. The zero-order chi connectivity index (χ0) is 12.5. The Morgan fingerprint density at radius 1 is 1.29 bits per heavy atom. The van der Waals surface area contributed by atoms with Crippen LogP contribution < -0.4 is 10.2 Å². The highest BCUT2D eigenvalue weighted by atomic mass is 19.4. The topological polar surface area (TPSA) is 26.2 Å². The SMILES string of the molecule is CCNn1ccc2cc(OC(F)(F)F)ccc21. The van der Waals surface area contributed by atoms with E-state index in [9.17, 15) is 13.2 Å². The molecule has 92 valence electrons.